The van der Waals surface area contributed by atoms with E-state index in [9.17, 15) is 25.0 Å². The number of aryl methyl sites for hydroxylation is 1. The molecule has 0 atom stereocenters. The molecule has 150 valence electrons. The quantitative estimate of drug-likeness (QED) is 0.147. The van der Waals surface area contributed by atoms with E-state index in [-0.39, 0.29) is 12.2 Å². The van der Waals surface area contributed by atoms with Gasteiger partial charge in [0.15, 0.2) is 0 Å². The van der Waals surface area contributed by atoms with Crippen LogP contribution >= 0.6 is 0 Å². The molecular formula is C19H28N2O6. The Hall–Kier alpha value is -2.51. The molecule has 0 radical (unpaired) electrons. The maximum absolute atomic E-state index is 11.7. The van der Waals surface area contributed by atoms with E-state index in [1.54, 1.807) is 6.92 Å². The number of carbonyl (C=O) groups excluding carboxylic acids is 1. The summed E-state index contributed by atoms with van der Waals surface area (Å²) in [6.07, 6.45) is 8.36. The van der Waals surface area contributed by atoms with Crippen molar-refractivity contribution >= 4 is 17.3 Å². The van der Waals surface area contributed by atoms with E-state index in [1.807, 2.05) is 0 Å². The molecule has 0 bridgehead atoms. The number of nitro benzene ring substituents is 2. The van der Waals surface area contributed by atoms with Gasteiger partial charge in [0.2, 0.25) is 5.75 Å². The maximum Gasteiger partial charge on any atom is 0.388 e. The number of hydrogen-bond acceptors (Lipinski definition) is 6. The van der Waals surface area contributed by atoms with Gasteiger partial charge in [0.05, 0.1) is 9.85 Å². The van der Waals surface area contributed by atoms with Crippen molar-refractivity contribution in [1.82, 2.24) is 0 Å². The first-order valence-corrected chi connectivity index (χ1v) is 9.57. The zero-order valence-corrected chi connectivity index (χ0v) is 16.1. The van der Waals surface area contributed by atoms with Crippen LogP contribution in [-0.2, 0) is 11.2 Å². The predicted octanol–water partition coefficient (Wildman–Crippen LogP) is 5.50. The van der Waals surface area contributed by atoms with Crippen molar-refractivity contribution in [3.63, 3.8) is 0 Å². The van der Waals surface area contributed by atoms with Crippen LogP contribution in [0.15, 0.2) is 12.1 Å². The van der Waals surface area contributed by atoms with Crippen molar-refractivity contribution in [3.8, 4) is 5.75 Å². The molecule has 0 aromatic heterocycles. The number of esters is 1. The predicted molar refractivity (Wildman–Crippen MR) is 102 cm³/mol. The Morgan fingerprint density at radius 2 is 1.48 bits per heavy atom. The number of carbonyl (C=O) groups is 1. The number of unbranched alkanes of at least 4 members (excludes halogenated alkanes) is 6. The number of nitro groups is 2. The van der Waals surface area contributed by atoms with Gasteiger partial charge in [-0.05, 0) is 31.4 Å². The summed E-state index contributed by atoms with van der Waals surface area (Å²) in [5.74, 6) is -1.01. The third-order valence-corrected chi connectivity index (χ3v) is 4.29. The first-order valence-electron chi connectivity index (χ1n) is 9.57. The van der Waals surface area contributed by atoms with Gasteiger partial charge in [-0.3, -0.25) is 25.0 Å². The summed E-state index contributed by atoms with van der Waals surface area (Å²) >= 11 is 0. The lowest BCUT2D eigenvalue weighted by Gasteiger charge is -2.08. The highest BCUT2D eigenvalue weighted by molar-refractivity contribution is 5.76. The summed E-state index contributed by atoms with van der Waals surface area (Å²) < 4.78 is 4.99. The summed E-state index contributed by atoms with van der Waals surface area (Å²) in [4.78, 5) is 33.0. The minimum atomic E-state index is -0.846. The molecule has 0 spiro atoms. The first kappa shape index (κ1) is 22.5. The normalized spacial score (nSPS) is 10.6. The summed E-state index contributed by atoms with van der Waals surface area (Å²) in [5, 5.41) is 22.9. The number of benzene rings is 1. The zero-order chi connectivity index (χ0) is 20.2. The van der Waals surface area contributed by atoms with Crippen LogP contribution in [0.3, 0.4) is 0 Å². The zero-order valence-electron chi connectivity index (χ0n) is 16.1. The average Bonchev–Trinajstić information content (AvgIpc) is 2.61. The Labute approximate surface area is 159 Å². The van der Waals surface area contributed by atoms with Crippen LogP contribution in [-0.4, -0.2) is 15.8 Å². The van der Waals surface area contributed by atoms with Gasteiger partial charge < -0.3 is 4.74 Å². The Morgan fingerprint density at radius 1 is 0.889 bits per heavy atom. The van der Waals surface area contributed by atoms with E-state index in [0.717, 1.165) is 25.7 Å². The van der Waals surface area contributed by atoms with Gasteiger partial charge in [0, 0.05) is 12.0 Å². The lowest BCUT2D eigenvalue weighted by Crippen LogP contribution is -2.10. The standard InChI is InChI=1S/C19H28N2O6/c1-3-5-6-7-8-9-10-12-15-13-14-16(27-17(22)11-4-2)19(21(25)26)18(15)20(23)24/h13-14H,3-12H2,1-2H3. The van der Waals surface area contributed by atoms with Crippen molar-refractivity contribution in [1.29, 1.82) is 0 Å². The van der Waals surface area contributed by atoms with Gasteiger partial charge in [-0.2, -0.15) is 0 Å². The van der Waals surface area contributed by atoms with Crippen molar-refractivity contribution in [2.24, 2.45) is 0 Å². The topological polar surface area (TPSA) is 113 Å². The van der Waals surface area contributed by atoms with Gasteiger partial charge in [0.1, 0.15) is 0 Å². The summed E-state index contributed by atoms with van der Waals surface area (Å²) in [6, 6.07) is 2.74. The largest absolute Gasteiger partial charge is 0.419 e. The fourth-order valence-electron chi connectivity index (χ4n) is 2.92. The second kappa shape index (κ2) is 12.0. The first-order chi connectivity index (χ1) is 12.9. The van der Waals surface area contributed by atoms with Crippen LogP contribution in [0.25, 0.3) is 0 Å². The molecule has 0 saturated carbocycles. The van der Waals surface area contributed by atoms with Gasteiger partial charge in [0.25, 0.3) is 0 Å². The fraction of sp³-hybridized carbons (Fsp3) is 0.632. The molecule has 0 aliphatic rings. The minimum absolute atomic E-state index is 0.0880. The molecule has 0 fully saturated rings. The Morgan fingerprint density at radius 3 is 2.04 bits per heavy atom. The highest BCUT2D eigenvalue weighted by Gasteiger charge is 2.34. The molecule has 27 heavy (non-hydrogen) atoms. The molecule has 8 heteroatoms. The monoisotopic (exact) mass is 380 g/mol. The summed E-state index contributed by atoms with van der Waals surface area (Å²) in [6.45, 7) is 3.92. The second-order valence-electron chi connectivity index (χ2n) is 6.53. The van der Waals surface area contributed by atoms with Crippen molar-refractivity contribution in [3.05, 3.63) is 37.9 Å². The van der Waals surface area contributed by atoms with E-state index in [0.29, 0.717) is 18.4 Å². The molecular weight excluding hydrogens is 352 g/mol. The minimum Gasteiger partial charge on any atom is -0.419 e. The van der Waals surface area contributed by atoms with Crippen molar-refractivity contribution in [2.45, 2.75) is 78.1 Å². The highest BCUT2D eigenvalue weighted by Crippen LogP contribution is 2.40. The molecule has 0 saturated heterocycles. The molecule has 1 rings (SSSR count). The molecule has 0 amide bonds. The third kappa shape index (κ3) is 7.32. The number of rotatable bonds is 13. The van der Waals surface area contributed by atoms with Crippen LogP contribution in [0.2, 0.25) is 0 Å². The van der Waals surface area contributed by atoms with Crippen molar-refractivity contribution < 1.29 is 19.4 Å². The molecule has 0 aliphatic carbocycles. The molecule has 0 N–H and O–H groups in total. The van der Waals surface area contributed by atoms with Crippen LogP contribution in [0.5, 0.6) is 5.75 Å². The molecule has 8 nitrogen and oxygen atoms in total. The third-order valence-electron chi connectivity index (χ3n) is 4.29. The van der Waals surface area contributed by atoms with Gasteiger partial charge in [-0.15, -0.1) is 0 Å². The molecule has 0 heterocycles. The molecule has 0 aliphatic heterocycles. The average molecular weight is 380 g/mol. The number of ether oxygens (including phenoxy) is 1. The SMILES string of the molecule is CCCCCCCCCc1ccc(OC(=O)CCC)c([N+](=O)[O-])c1[N+](=O)[O-]. The van der Waals surface area contributed by atoms with E-state index < -0.39 is 27.2 Å². The molecule has 1 aromatic rings. The maximum atomic E-state index is 11.7. The number of nitrogens with zero attached hydrogens (tertiary/aromatic N) is 2. The Bertz CT molecular complexity index is 660. The lowest BCUT2D eigenvalue weighted by molar-refractivity contribution is -0.423. The Kier molecular flexibility index (Phi) is 10.00. The van der Waals surface area contributed by atoms with E-state index in [1.165, 1.54) is 31.4 Å². The van der Waals surface area contributed by atoms with Gasteiger partial charge >= 0.3 is 17.3 Å². The van der Waals surface area contributed by atoms with E-state index >= 15 is 0 Å². The highest BCUT2D eigenvalue weighted by atomic mass is 16.6. The van der Waals surface area contributed by atoms with Crippen LogP contribution in [0.4, 0.5) is 11.4 Å². The second-order valence-corrected chi connectivity index (χ2v) is 6.53. The van der Waals surface area contributed by atoms with E-state index in [4.69, 9.17) is 4.74 Å². The summed E-state index contributed by atoms with van der Waals surface area (Å²) in [5.41, 5.74) is -1.02. The van der Waals surface area contributed by atoms with Crippen LogP contribution in [0, 0.1) is 20.2 Å². The molecule has 0 unspecified atom stereocenters. The fourth-order valence-corrected chi connectivity index (χ4v) is 2.92. The Balaban J connectivity index is 2.92. The van der Waals surface area contributed by atoms with Gasteiger partial charge in [-0.25, -0.2) is 0 Å². The van der Waals surface area contributed by atoms with Crippen LogP contribution < -0.4 is 4.74 Å². The number of hydrogen-bond donors (Lipinski definition) is 0. The van der Waals surface area contributed by atoms with Crippen LogP contribution in [0.1, 0.15) is 77.2 Å². The van der Waals surface area contributed by atoms with Crippen molar-refractivity contribution in [2.75, 3.05) is 0 Å². The lowest BCUT2D eigenvalue weighted by atomic mass is 10.0. The molecule has 1 aromatic carbocycles. The van der Waals surface area contributed by atoms with E-state index in [2.05, 4.69) is 6.92 Å². The van der Waals surface area contributed by atoms with Gasteiger partial charge in [-0.1, -0.05) is 52.4 Å². The summed E-state index contributed by atoms with van der Waals surface area (Å²) in [7, 11) is 0. The smallest absolute Gasteiger partial charge is 0.388 e.